The predicted octanol–water partition coefficient (Wildman–Crippen LogP) is 4.11. The Bertz CT molecular complexity index is 928. The molecular formula is C25H35F2N3O3. The Balaban J connectivity index is 1.77. The maximum Gasteiger partial charge on any atom is 0.217 e. The van der Waals surface area contributed by atoms with Crippen molar-refractivity contribution in [1.82, 2.24) is 15.6 Å². The monoisotopic (exact) mass is 463 g/mol. The zero-order valence-corrected chi connectivity index (χ0v) is 19.9. The van der Waals surface area contributed by atoms with E-state index in [1.807, 2.05) is 0 Å². The van der Waals surface area contributed by atoms with Gasteiger partial charge in [-0.05, 0) is 37.0 Å². The van der Waals surface area contributed by atoms with Gasteiger partial charge in [0.2, 0.25) is 11.8 Å². The lowest BCUT2D eigenvalue weighted by Crippen LogP contribution is -2.53. The van der Waals surface area contributed by atoms with Crippen LogP contribution in [0.1, 0.15) is 76.9 Å². The van der Waals surface area contributed by atoms with Crippen molar-refractivity contribution in [1.29, 1.82) is 0 Å². The molecule has 2 aromatic rings. The summed E-state index contributed by atoms with van der Waals surface area (Å²) in [6, 6.07) is 2.50. The van der Waals surface area contributed by atoms with Gasteiger partial charge < -0.3 is 20.2 Å². The Morgan fingerprint density at radius 3 is 2.36 bits per heavy atom. The molecule has 3 N–H and O–H groups in total. The largest absolute Gasteiger partial charge is 0.447 e. The lowest BCUT2D eigenvalue weighted by molar-refractivity contribution is -0.120. The van der Waals surface area contributed by atoms with Gasteiger partial charge in [-0.25, -0.2) is 13.8 Å². The maximum atomic E-state index is 13.6. The first-order valence-electron chi connectivity index (χ1n) is 11.6. The number of aromatic nitrogens is 1. The van der Waals surface area contributed by atoms with Crippen LogP contribution in [-0.2, 0) is 22.2 Å². The molecule has 0 radical (unpaired) electrons. The van der Waals surface area contributed by atoms with Crippen LogP contribution in [0.3, 0.4) is 0 Å². The normalized spacial score (nSPS) is 18.0. The zero-order chi connectivity index (χ0) is 24.2. The third-order valence-corrected chi connectivity index (χ3v) is 6.27. The third-order valence-electron chi connectivity index (χ3n) is 6.27. The predicted molar refractivity (Wildman–Crippen MR) is 122 cm³/mol. The van der Waals surface area contributed by atoms with Crippen molar-refractivity contribution in [2.75, 3.05) is 6.54 Å². The van der Waals surface area contributed by atoms with E-state index in [9.17, 15) is 18.7 Å². The molecule has 8 heteroatoms. The number of halogens is 2. The molecule has 1 aromatic heterocycles. The number of rotatable bonds is 8. The first kappa shape index (κ1) is 25.3. The maximum absolute atomic E-state index is 13.6. The minimum atomic E-state index is -0.990. The van der Waals surface area contributed by atoms with Gasteiger partial charge in [-0.2, -0.15) is 0 Å². The standard InChI is InChI=1S/C25H35F2N3O3/c1-16(31)29-20(12-17-10-18(26)13-19(27)11-17)21(32)14-28-25(8-6-5-7-9-25)23-30-22(15-33-23)24(2,3)4/h10-11,13,15,20-21,28,32H,5-9,12,14H2,1-4H3,(H,29,31)/t20-,21+/m0/s1. The second-order valence-corrected chi connectivity index (χ2v) is 10.2. The van der Waals surface area contributed by atoms with E-state index in [2.05, 4.69) is 31.4 Å². The quantitative estimate of drug-likeness (QED) is 0.549. The van der Waals surface area contributed by atoms with Crippen LogP contribution in [0.5, 0.6) is 0 Å². The van der Waals surface area contributed by atoms with Crippen LogP contribution < -0.4 is 10.6 Å². The molecule has 6 nitrogen and oxygen atoms in total. The fourth-order valence-electron chi connectivity index (χ4n) is 4.43. The molecule has 1 saturated carbocycles. The molecule has 1 fully saturated rings. The summed E-state index contributed by atoms with van der Waals surface area (Å²) in [7, 11) is 0. The van der Waals surface area contributed by atoms with Gasteiger partial charge in [0.1, 0.15) is 17.9 Å². The van der Waals surface area contributed by atoms with E-state index in [1.54, 1.807) is 6.26 Å². The minimum Gasteiger partial charge on any atom is -0.447 e. The highest BCUT2D eigenvalue weighted by Gasteiger charge is 2.39. The summed E-state index contributed by atoms with van der Waals surface area (Å²) in [6.07, 6.45) is 5.59. The average Bonchev–Trinajstić information content (AvgIpc) is 3.23. The summed E-state index contributed by atoms with van der Waals surface area (Å²) >= 11 is 0. The molecule has 0 bridgehead atoms. The summed E-state index contributed by atoms with van der Waals surface area (Å²) in [5, 5.41) is 17.2. The number of carbonyl (C=O) groups excluding carboxylic acids is 1. The second-order valence-electron chi connectivity index (χ2n) is 10.2. The van der Waals surface area contributed by atoms with Crippen LogP contribution in [0.4, 0.5) is 8.78 Å². The first-order valence-corrected chi connectivity index (χ1v) is 11.6. The summed E-state index contributed by atoms with van der Waals surface area (Å²) in [5.41, 5.74) is 0.580. The van der Waals surface area contributed by atoms with Gasteiger partial charge in [-0.1, -0.05) is 40.0 Å². The Kier molecular flexibility index (Phi) is 7.90. The second kappa shape index (κ2) is 10.3. The van der Waals surface area contributed by atoms with E-state index in [4.69, 9.17) is 9.40 Å². The number of amides is 1. The Morgan fingerprint density at radius 1 is 1.18 bits per heavy atom. The van der Waals surface area contributed by atoms with Gasteiger partial charge in [0.15, 0.2) is 0 Å². The van der Waals surface area contributed by atoms with Crippen LogP contribution in [0.15, 0.2) is 28.9 Å². The number of nitrogens with zero attached hydrogens (tertiary/aromatic N) is 1. The summed E-state index contributed by atoms with van der Waals surface area (Å²) in [4.78, 5) is 16.5. The Labute approximate surface area is 194 Å². The van der Waals surface area contributed by atoms with Gasteiger partial charge in [0, 0.05) is 24.9 Å². The van der Waals surface area contributed by atoms with E-state index in [1.165, 1.54) is 19.1 Å². The van der Waals surface area contributed by atoms with Crippen molar-refractivity contribution < 1.29 is 23.1 Å². The number of hydrogen-bond acceptors (Lipinski definition) is 5. The van der Waals surface area contributed by atoms with Crippen molar-refractivity contribution >= 4 is 5.91 Å². The number of nitrogens with one attached hydrogen (secondary N) is 2. The van der Waals surface area contributed by atoms with Crippen LogP contribution in [0.2, 0.25) is 0 Å². The number of aliphatic hydroxyl groups excluding tert-OH is 1. The molecule has 1 heterocycles. The highest BCUT2D eigenvalue weighted by Crippen LogP contribution is 2.38. The van der Waals surface area contributed by atoms with Gasteiger partial charge in [-0.15, -0.1) is 0 Å². The molecule has 3 rings (SSSR count). The smallest absolute Gasteiger partial charge is 0.217 e. The molecule has 33 heavy (non-hydrogen) atoms. The average molecular weight is 464 g/mol. The molecule has 0 unspecified atom stereocenters. The number of aliphatic hydroxyl groups is 1. The molecular weight excluding hydrogens is 428 g/mol. The highest BCUT2D eigenvalue weighted by molar-refractivity contribution is 5.73. The van der Waals surface area contributed by atoms with Crippen molar-refractivity contribution in [2.45, 2.75) is 89.3 Å². The van der Waals surface area contributed by atoms with Gasteiger partial charge in [0.05, 0.1) is 23.4 Å². The van der Waals surface area contributed by atoms with Crippen LogP contribution in [0.25, 0.3) is 0 Å². The van der Waals surface area contributed by atoms with E-state index >= 15 is 0 Å². The van der Waals surface area contributed by atoms with Crippen molar-refractivity contribution in [3.05, 3.63) is 53.2 Å². The SMILES string of the molecule is CC(=O)N[C@@H](Cc1cc(F)cc(F)c1)[C@H](O)CNC1(c2nc(C(C)(C)C)co2)CCCCC1. The molecule has 1 aromatic carbocycles. The molecule has 1 aliphatic rings. The molecule has 1 amide bonds. The Morgan fingerprint density at radius 2 is 1.82 bits per heavy atom. The van der Waals surface area contributed by atoms with Crippen molar-refractivity contribution in [3.8, 4) is 0 Å². The van der Waals surface area contributed by atoms with E-state index in [0.717, 1.165) is 43.9 Å². The molecule has 2 atom stereocenters. The van der Waals surface area contributed by atoms with E-state index < -0.39 is 29.3 Å². The topological polar surface area (TPSA) is 87.4 Å². The summed E-state index contributed by atoms with van der Waals surface area (Å²) < 4.78 is 33.2. The van der Waals surface area contributed by atoms with E-state index in [-0.39, 0.29) is 24.3 Å². The minimum absolute atomic E-state index is 0.0945. The lowest BCUT2D eigenvalue weighted by Gasteiger charge is -2.37. The number of carbonyl (C=O) groups is 1. The molecule has 0 spiro atoms. The number of hydrogen-bond donors (Lipinski definition) is 3. The lowest BCUT2D eigenvalue weighted by atomic mass is 9.81. The summed E-state index contributed by atoms with van der Waals surface area (Å²) in [5.74, 6) is -1.11. The van der Waals surface area contributed by atoms with Crippen LogP contribution in [0, 0.1) is 11.6 Å². The fraction of sp³-hybridized carbons (Fsp3) is 0.600. The third kappa shape index (κ3) is 6.60. The fourth-order valence-corrected chi connectivity index (χ4v) is 4.43. The van der Waals surface area contributed by atoms with E-state index in [0.29, 0.717) is 11.5 Å². The van der Waals surface area contributed by atoms with Crippen LogP contribution in [-0.4, -0.2) is 34.7 Å². The molecule has 1 aliphatic carbocycles. The number of oxazole rings is 1. The van der Waals surface area contributed by atoms with Gasteiger partial charge in [0.25, 0.3) is 0 Å². The van der Waals surface area contributed by atoms with Crippen molar-refractivity contribution in [2.24, 2.45) is 0 Å². The van der Waals surface area contributed by atoms with Crippen molar-refractivity contribution in [3.63, 3.8) is 0 Å². The van der Waals surface area contributed by atoms with Gasteiger partial charge in [-0.3, -0.25) is 4.79 Å². The van der Waals surface area contributed by atoms with Crippen LogP contribution >= 0.6 is 0 Å². The molecule has 0 aliphatic heterocycles. The highest BCUT2D eigenvalue weighted by atomic mass is 19.1. The first-order chi connectivity index (χ1) is 15.5. The number of benzene rings is 1. The Hall–Kier alpha value is -2.32. The van der Waals surface area contributed by atoms with Gasteiger partial charge >= 0.3 is 0 Å². The summed E-state index contributed by atoms with van der Waals surface area (Å²) in [6.45, 7) is 7.74. The zero-order valence-electron chi connectivity index (χ0n) is 19.9. The molecule has 0 saturated heterocycles. The molecule has 182 valence electrons.